The number of hydrogen-bond acceptors (Lipinski definition) is 2. The first kappa shape index (κ1) is 16.1. The normalized spacial score (nSPS) is 10.6. The number of nitrogens with one attached hydrogen (secondary N) is 4. The Bertz CT molecular complexity index is 1080. The standard InChI is InChI=1S/C20H16N4OS/c25-19(18-12-14-7-2-4-10-16(14)21-18)23-24-20(26)22-17-11-5-8-13-6-1-3-9-15(13)17/h1-12,21H,(H,23,25)(H2,22,24,26). The average Bonchev–Trinajstić information content (AvgIpc) is 3.11. The van der Waals surface area contributed by atoms with Gasteiger partial charge >= 0.3 is 0 Å². The highest BCUT2D eigenvalue weighted by Gasteiger charge is 2.09. The summed E-state index contributed by atoms with van der Waals surface area (Å²) in [4.78, 5) is 15.4. The SMILES string of the molecule is O=C(NNC(=S)Nc1cccc2ccccc12)c1cc2ccccc2[nH]1. The molecule has 4 N–H and O–H groups in total. The lowest BCUT2D eigenvalue weighted by Gasteiger charge is -2.13. The van der Waals surface area contributed by atoms with Gasteiger partial charge in [0.1, 0.15) is 5.69 Å². The van der Waals surface area contributed by atoms with E-state index in [2.05, 4.69) is 21.2 Å². The summed E-state index contributed by atoms with van der Waals surface area (Å²) in [6.07, 6.45) is 0. The van der Waals surface area contributed by atoms with Crippen molar-refractivity contribution in [3.63, 3.8) is 0 Å². The summed E-state index contributed by atoms with van der Waals surface area (Å²) in [5, 5.41) is 6.58. The highest BCUT2D eigenvalue weighted by atomic mass is 32.1. The second kappa shape index (κ2) is 6.85. The lowest BCUT2D eigenvalue weighted by atomic mass is 10.1. The molecule has 0 aliphatic heterocycles. The molecule has 26 heavy (non-hydrogen) atoms. The number of H-pyrrole nitrogens is 1. The minimum atomic E-state index is -0.289. The number of rotatable bonds is 2. The van der Waals surface area contributed by atoms with E-state index in [0.717, 1.165) is 27.4 Å². The lowest BCUT2D eigenvalue weighted by Crippen LogP contribution is -2.43. The molecule has 1 heterocycles. The van der Waals surface area contributed by atoms with Crippen molar-refractivity contribution in [3.8, 4) is 0 Å². The molecule has 1 amide bonds. The van der Waals surface area contributed by atoms with Crippen LogP contribution in [-0.2, 0) is 0 Å². The molecule has 0 aliphatic carbocycles. The molecule has 128 valence electrons. The number of aromatic amines is 1. The number of thiocarbonyl (C=S) groups is 1. The molecular weight excluding hydrogens is 344 g/mol. The number of carbonyl (C=O) groups is 1. The first-order valence-electron chi connectivity index (χ1n) is 8.13. The number of amides is 1. The number of hydrogen-bond donors (Lipinski definition) is 4. The maximum Gasteiger partial charge on any atom is 0.286 e. The number of para-hydroxylation sites is 1. The van der Waals surface area contributed by atoms with Gasteiger partial charge in [0.15, 0.2) is 5.11 Å². The maximum atomic E-state index is 12.3. The van der Waals surface area contributed by atoms with Gasteiger partial charge < -0.3 is 10.3 Å². The molecule has 4 aromatic rings. The summed E-state index contributed by atoms with van der Waals surface area (Å²) < 4.78 is 0. The van der Waals surface area contributed by atoms with Gasteiger partial charge in [-0.1, -0.05) is 54.6 Å². The average molecular weight is 360 g/mol. The molecule has 0 bridgehead atoms. The van der Waals surface area contributed by atoms with Crippen molar-refractivity contribution in [2.45, 2.75) is 0 Å². The van der Waals surface area contributed by atoms with Crippen LogP contribution in [0.15, 0.2) is 72.8 Å². The molecule has 0 saturated carbocycles. The van der Waals surface area contributed by atoms with Gasteiger partial charge in [0.25, 0.3) is 5.91 Å². The number of benzene rings is 3. The fourth-order valence-corrected chi connectivity index (χ4v) is 3.03. The smallest absolute Gasteiger partial charge is 0.286 e. The third-order valence-electron chi connectivity index (χ3n) is 4.10. The van der Waals surface area contributed by atoms with E-state index in [1.165, 1.54) is 0 Å². The van der Waals surface area contributed by atoms with Crippen LogP contribution in [0.4, 0.5) is 5.69 Å². The van der Waals surface area contributed by atoms with Crippen LogP contribution in [0.25, 0.3) is 21.7 Å². The van der Waals surface area contributed by atoms with Gasteiger partial charge in [-0.25, -0.2) is 0 Å². The molecule has 0 radical (unpaired) electrons. The summed E-state index contributed by atoms with van der Waals surface area (Å²) in [6, 6.07) is 23.5. The largest absolute Gasteiger partial charge is 0.350 e. The Balaban J connectivity index is 1.42. The highest BCUT2D eigenvalue weighted by Crippen LogP contribution is 2.22. The summed E-state index contributed by atoms with van der Waals surface area (Å²) >= 11 is 5.28. The second-order valence-corrected chi connectivity index (χ2v) is 6.24. The van der Waals surface area contributed by atoms with Crippen molar-refractivity contribution in [2.75, 3.05) is 5.32 Å². The minimum Gasteiger partial charge on any atom is -0.350 e. The van der Waals surface area contributed by atoms with Crippen LogP contribution in [-0.4, -0.2) is 16.0 Å². The third-order valence-corrected chi connectivity index (χ3v) is 4.31. The molecule has 4 rings (SSSR count). The Hall–Kier alpha value is -3.38. The fraction of sp³-hybridized carbons (Fsp3) is 0. The quantitative estimate of drug-likeness (QED) is 0.323. The van der Waals surface area contributed by atoms with Crippen LogP contribution < -0.4 is 16.2 Å². The van der Waals surface area contributed by atoms with E-state index >= 15 is 0 Å². The van der Waals surface area contributed by atoms with Crippen LogP contribution >= 0.6 is 12.2 Å². The number of fused-ring (bicyclic) bond motifs is 2. The molecule has 0 atom stereocenters. The summed E-state index contributed by atoms with van der Waals surface area (Å²) in [6.45, 7) is 0. The van der Waals surface area contributed by atoms with Crippen molar-refractivity contribution in [3.05, 3.63) is 78.5 Å². The van der Waals surface area contributed by atoms with Gasteiger partial charge in [0.2, 0.25) is 0 Å². The van der Waals surface area contributed by atoms with Gasteiger partial charge in [-0.2, -0.15) is 0 Å². The molecule has 3 aromatic carbocycles. The predicted octanol–water partition coefficient (Wildman–Crippen LogP) is 3.95. The molecule has 5 nitrogen and oxygen atoms in total. The number of carbonyl (C=O) groups excluding carboxylic acids is 1. The van der Waals surface area contributed by atoms with Crippen molar-refractivity contribution < 1.29 is 4.79 Å². The van der Waals surface area contributed by atoms with E-state index in [9.17, 15) is 4.79 Å². The van der Waals surface area contributed by atoms with Crippen LogP contribution in [0.2, 0.25) is 0 Å². The van der Waals surface area contributed by atoms with E-state index in [1.807, 2.05) is 66.7 Å². The molecule has 0 fully saturated rings. The van der Waals surface area contributed by atoms with Gasteiger partial charge in [0.05, 0.1) is 0 Å². The van der Waals surface area contributed by atoms with Crippen LogP contribution in [0.1, 0.15) is 10.5 Å². The van der Waals surface area contributed by atoms with E-state index in [0.29, 0.717) is 10.8 Å². The van der Waals surface area contributed by atoms with Crippen molar-refractivity contribution in [1.29, 1.82) is 0 Å². The molecule has 0 unspecified atom stereocenters. The molecular formula is C20H16N4OS. The Morgan fingerprint density at radius 1 is 0.846 bits per heavy atom. The first-order chi connectivity index (χ1) is 12.7. The monoisotopic (exact) mass is 360 g/mol. The van der Waals surface area contributed by atoms with Crippen LogP contribution in [0.3, 0.4) is 0 Å². The Kier molecular flexibility index (Phi) is 4.25. The zero-order chi connectivity index (χ0) is 17.9. The van der Waals surface area contributed by atoms with Crippen LogP contribution in [0, 0.1) is 0 Å². The van der Waals surface area contributed by atoms with E-state index in [-0.39, 0.29) is 5.91 Å². The van der Waals surface area contributed by atoms with Crippen molar-refractivity contribution in [2.24, 2.45) is 0 Å². The van der Waals surface area contributed by atoms with E-state index in [1.54, 1.807) is 6.07 Å². The number of hydrazine groups is 1. The molecule has 1 aromatic heterocycles. The molecule has 0 saturated heterocycles. The van der Waals surface area contributed by atoms with Crippen LogP contribution in [0.5, 0.6) is 0 Å². The van der Waals surface area contributed by atoms with E-state index < -0.39 is 0 Å². The predicted molar refractivity (Wildman–Crippen MR) is 109 cm³/mol. The lowest BCUT2D eigenvalue weighted by molar-refractivity contribution is 0.0940. The minimum absolute atomic E-state index is 0.289. The van der Waals surface area contributed by atoms with Gasteiger partial charge in [-0.05, 0) is 35.8 Å². The summed E-state index contributed by atoms with van der Waals surface area (Å²) in [5.41, 5.74) is 7.59. The maximum absolute atomic E-state index is 12.3. The Morgan fingerprint density at radius 3 is 2.42 bits per heavy atom. The first-order valence-corrected chi connectivity index (χ1v) is 8.54. The van der Waals surface area contributed by atoms with Gasteiger partial charge in [-0.15, -0.1) is 0 Å². The zero-order valence-electron chi connectivity index (χ0n) is 13.7. The van der Waals surface area contributed by atoms with Crippen molar-refractivity contribution >= 4 is 50.6 Å². The molecule has 0 spiro atoms. The van der Waals surface area contributed by atoms with Gasteiger partial charge in [-0.3, -0.25) is 15.6 Å². The molecule has 6 heteroatoms. The zero-order valence-corrected chi connectivity index (χ0v) is 14.6. The Labute approximate surface area is 155 Å². The topological polar surface area (TPSA) is 69.0 Å². The summed E-state index contributed by atoms with van der Waals surface area (Å²) in [5.74, 6) is -0.289. The highest BCUT2D eigenvalue weighted by molar-refractivity contribution is 7.80. The Morgan fingerprint density at radius 2 is 1.58 bits per heavy atom. The van der Waals surface area contributed by atoms with E-state index in [4.69, 9.17) is 12.2 Å². The summed E-state index contributed by atoms with van der Waals surface area (Å²) in [7, 11) is 0. The number of aromatic nitrogens is 1. The fourth-order valence-electron chi connectivity index (χ4n) is 2.86. The van der Waals surface area contributed by atoms with Crippen molar-refractivity contribution in [1.82, 2.24) is 15.8 Å². The van der Waals surface area contributed by atoms with Gasteiger partial charge in [0, 0.05) is 22.0 Å². The third kappa shape index (κ3) is 3.22. The second-order valence-electron chi connectivity index (χ2n) is 5.83. The number of anilines is 1. The molecule has 0 aliphatic rings.